The molecule has 21 heavy (non-hydrogen) atoms. The minimum Gasteiger partial charge on any atom is -0.467 e. The van der Waals surface area contributed by atoms with Gasteiger partial charge in [0.15, 0.2) is 0 Å². The van der Waals surface area contributed by atoms with Gasteiger partial charge in [-0.05, 0) is 31.2 Å². The molecule has 3 aromatic rings. The van der Waals surface area contributed by atoms with Crippen LogP contribution in [0.25, 0.3) is 10.8 Å². The summed E-state index contributed by atoms with van der Waals surface area (Å²) in [6.07, 6.45) is 1.69. The van der Waals surface area contributed by atoms with E-state index in [0.717, 1.165) is 35.3 Å². The Kier molecular flexibility index (Phi) is 3.61. The Morgan fingerprint density at radius 1 is 1.05 bits per heavy atom. The van der Waals surface area contributed by atoms with E-state index in [1.807, 2.05) is 42.5 Å². The highest BCUT2D eigenvalue weighted by molar-refractivity contribution is 5.97. The maximum Gasteiger partial charge on any atom is 0.123 e. The van der Waals surface area contributed by atoms with E-state index in [2.05, 4.69) is 24.0 Å². The Morgan fingerprint density at radius 3 is 2.52 bits per heavy atom. The van der Waals surface area contributed by atoms with Gasteiger partial charge in [-0.2, -0.15) is 5.26 Å². The van der Waals surface area contributed by atoms with Crippen molar-refractivity contribution in [3.8, 4) is 6.07 Å². The van der Waals surface area contributed by atoms with Crippen LogP contribution >= 0.6 is 0 Å². The normalized spacial score (nSPS) is 10.5. The van der Waals surface area contributed by atoms with Crippen molar-refractivity contribution in [3.63, 3.8) is 0 Å². The van der Waals surface area contributed by atoms with Gasteiger partial charge in [-0.25, -0.2) is 0 Å². The summed E-state index contributed by atoms with van der Waals surface area (Å²) in [5, 5.41) is 11.3. The number of nitrogens with zero attached hydrogens (tertiary/aromatic N) is 2. The summed E-state index contributed by atoms with van der Waals surface area (Å²) < 4.78 is 5.45. The van der Waals surface area contributed by atoms with Crippen LogP contribution < -0.4 is 4.90 Å². The number of rotatable bonds is 4. The van der Waals surface area contributed by atoms with Crippen molar-refractivity contribution in [1.82, 2.24) is 0 Å². The first-order chi connectivity index (χ1) is 10.3. The van der Waals surface area contributed by atoms with Crippen LogP contribution in [0.15, 0.2) is 59.2 Å². The van der Waals surface area contributed by atoms with E-state index in [1.165, 1.54) is 0 Å². The molecule has 0 aliphatic rings. The minimum atomic E-state index is 0.711. The van der Waals surface area contributed by atoms with Crippen molar-refractivity contribution in [2.45, 2.75) is 13.5 Å². The molecule has 0 aliphatic carbocycles. The molecule has 0 fully saturated rings. The average molecular weight is 276 g/mol. The van der Waals surface area contributed by atoms with Gasteiger partial charge in [0.2, 0.25) is 0 Å². The van der Waals surface area contributed by atoms with Crippen LogP contribution in [0.5, 0.6) is 0 Å². The van der Waals surface area contributed by atoms with Crippen molar-refractivity contribution >= 4 is 16.5 Å². The largest absolute Gasteiger partial charge is 0.467 e. The fourth-order valence-electron chi connectivity index (χ4n) is 2.61. The minimum absolute atomic E-state index is 0.711. The standard InChI is InChI=1S/C18H16N2O/c1-2-20(13-15-6-5-11-21-15)18-10-9-14(12-19)16-7-3-4-8-17(16)18/h3-11H,2,13H2,1H3. The fraction of sp³-hybridized carbons (Fsp3) is 0.167. The van der Waals surface area contributed by atoms with Crippen LogP contribution in [0, 0.1) is 11.3 Å². The van der Waals surface area contributed by atoms with Crippen LogP contribution in [0.1, 0.15) is 18.2 Å². The third-order valence-electron chi connectivity index (χ3n) is 3.67. The monoisotopic (exact) mass is 276 g/mol. The summed E-state index contributed by atoms with van der Waals surface area (Å²) in [6, 6.07) is 18.1. The highest BCUT2D eigenvalue weighted by Crippen LogP contribution is 2.30. The molecule has 0 amide bonds. The van der Waals surface area contributed by atoms with E-state index < -0.39 is 0 Å². The number of hydrogen-bond acceptors (Lipinski definition) is 3. The summed E-state index contributed by atoms with van der Waals surface area (Å²) >= 11 is 0. The van der Waals surface area contributed by atoms with E-state index in [0.29, 0.717) is 5.56 Å². The lowest BCUT2D eigenvalue weighted by atomic mass is 10.0. The smallest absolute Gasteiger partial charge is 0.123 e. The van der Waals surface area contributed by atoms with Gasteiger partial charge >= 0.3 is 0 Å². The van der Waals surface area contributed by atoms with Crippen LogP contribution in [-0.4, -0.2) is 6.54 Å². The molecule has 0 aliphatic heterocycles. The number of hydrogen-bond donors (Lipinski definition) is 0. The van der Waals surface area contributed by atoms with Gasteiger partial charge < -0.3 is 9.32 Å². The molecular formula is C18H16N2O. The maximum absolute atomic E-state index is 9.25. The first-order valence-corrected chi connectivity index (χ1v) is 7.02. The molecule has 1 heterocycles. The van der Waals surface area contributed by atoms with Gasteiger partial charge in [-0.3, -0.25) is 0 Å². The molecular weight excluding hydrogens is 260 g/mol. The van der Waals surface area contributed by atoms with Gasteiger partial charge in [0.05, 0.1) is 24.4 Å². The molecule has 1 aromatic heterocycles. The van der Waals surface area contributed by atoms with Crippen LogP contribution in [0.2, 0.25) is 0 Å². The Balaban J connectivity index is 2.09. The summed E-state index contributed by atoms with van der Waals surface area (Å²) in [7, 11) is 0. The number of nitriles is 1. The van der Waals surface area contributed by atoms with E-state index in [-0.39, 0.29) is 0 Å². The Bertz CT molecular complexity index is 785. The molecule has 0 saturated carbocycles. The highest BCUT2D eigenvalue weighted by Gasteiger charge is 2.12. The first kappa shape index (κ1) is 13.3. The van der Waals surface area contributed by atoms with Gasteiger partial charge in [0.1, 0.15) is 5.76 Å². The van der Waals surface area contributed by atoms with Gasteiger partial charge in [-0.1, -0.05) is 24.3 Å². The lowest BCUT2D eigenvalue weighted by molar-refractivity contribution is 0.504. The van der Waals surface area contributed by atoms with Crippen molar-refractivity contribution in [3.05, 3.63) is 66.1 Å². The molecule has 0 atom stereocenters. The molecule has 3 heteroatoms. The lowest BCUT2D eigenvalue weighted by Gasteiger charge is -2.24. The van der Waals surface area contributed by atoms with Crippen molar-refractivity contribution < 1.29 is 4.42 Å². The van der Waals surface area contributed by atoms with Gasteiger partial charge in [0.25, 0.3) is 0 Å². The molecule has 0 unspecified atom stereocenters. The third-order valence-corrected chi connectivity index (χ3v) is 3.67. The predicted molar refractivity (Wildman–Crippen MR) is 84.1 cm³/mol. The molecule has 0 radical (unpaired) electrons. The summed E-state index contributed by atoms with van der Waals surface area (Å²) in [6.45, 7) is 3.71. The van der Waals surface area contributed by atoms with E-state index in [1.54, 1.807) is 6.26 Å². The Labute approximate surface area is 124 Å². The van der Waals surface area contributed by atoms with Crippen molar-refractivity contribution in [2.24, 2.45) is 0 Å². The second kappa shape index (κ2) is 5.72. The predicted octanol–water partition coefficient (Wildman–Crippen LogP) is 4.33. The van der Waals surface area contributed by atoms with Crippen molar-refractivity contribution in [2.75, 3.05) is 11.4 Å². The molecule has 3 nitrogen and oxygen atoms in total. The molecule has 0 N–H and O–H groups in total. The number of fused-ring (bicyclic) bond motifs is 1. The molecule has 104 valence electrons. The van der Waals surface area contributed by atoms with Gasteiger partial charge in [-0.15, -0.1) is 0 Å². The lowest BCUT2D eigenvalue weighted by Crippen LogP contribution is -2.22. The third kappa shape index (κ3) is 2.48. The Hall–Kier alpha value is -2.73. The van der Waals surface area contributed by atoms with E-state index >= 15 is 0 Å². The van der Waals surface area contributed by atoms with Gasteiger partial charge in [0, 0.05) is 23.0 Å². The molecule has 0 saturated heterocycles. The topological polar surface area (TPSA) is 40.2 Å². The van der Waals surface area contributed by atoms with E-state index in [9.17, 15) is 5.26 Å². The molecule has 2 aromatic carbocycles. The molecule has 3 rings (SSSR count). The fourth-order valence-corrected chi connectivity index (χ4v) is 2.61. The zero-order valence-corrected chi connectivity index (χ0v) is 11.9. The Morgan fingerprint density at radius 2 is 1.86 bits per heavy atom. The average Bonchev–Trinajstić information content (AvgIpc) is 3.05. The SMILES string of the molecule is CCN(Cc1ccco1)c1ccc(C#N)c2ccccc12. The number of benzene rings is 2. The van der Waals surface area contributed by atoms with Crippen LogP contribution in [0.4, 0.5) is 5.69 Å². The summed E-state index contributed by atoms with van der Waals surface area (Å²) in [5.74, 6) is 0.935. The van der Waals surface area contributed by atoms with Crippen LogP contribution in [0.3, 0.4) is 0 Å². The van der Waals surface area contributed by atoms with Crippen molar-refractivity contribution in [1.29, 1.82) is 5.26 Å². The highest BCUT2D eigenvalue weighted by atomic mass is 16.3. The second-order valence-corrected chi connectivity index (χ2v) is 4.88. The van der Waals surface area contributed by atoms with E-state index in [4.69, 9.17) is 4.42 Å². The zero-order valence-electron chi connectivity index (χ0n) is 11.9. The molecule has 0 spiro atoms. The maximum atomic E-state index is 9.25. The quantitative estimate of drug-likeness (QED) is 0.712. The second-order valence-electron chi connectivity index (χ2n) is 4.88. The number of anilines is 1. The molecule has 0 bridgehead atoms. The first-order valence-electron chi connectivity index (χ1n) is 7.02. The summed E-state index contributed by atoms with van der Waals surface area (Å²) in [5.41, 5.74) is 1.84. The zero-order chi connectivity index (χ0) is 14.7. The van der Waals surface area contributed by atoms with Crippen LogP contribution in [-0.2, 0) is 6.54 Å². The number of furan rings is 1. The summed E-state index contributed by atoms with van der Waals surface area (Å²) in [4.78, 5) is 2.25.